The third kappa shape index (κ3) is 4.75. The predicted octanol–water partition coefficient (Wildman–Crippen LogP) is 2.57. The van der Waals surface area contributed by atoms with Gasteiger partial charge in [-0.15, -0.1) is 0 Å². The highest BCUT2D eigenvalue weighted by Gasteiger charge is 2.20. The van der Waals surface area contributed by atoms with E-state index < -0.39 is 0 Å². The van der Waals surface area contributed by atoms with Crippen LogP contribution in [0.25, 0.3) is 0 Å². The van der Waals surface area contributed by atoms with Crippen molar-refractivity contribution in [2.24, 2.45) is 0 Å². The molecular formula is C19H25N3O3. The van der Waals surface area contributed by atoms with Crippen LogP contribution in [0.1, 0.15) is 32.0 Å². The molecule has 3 rings (SSSR count). The Labute approximate surface area is 148 Å². The first kappa shape index (κ1) is 17.3. The Kier molecular flexibility index (Phi) is 5.93. The number of fused-ring (bicyclic) bond motifs is 1. The van der Waals surface area contributed by atoms with Gasteiger partial charge in [0.15, 0.2) is 11.5 Å². The van der Waals surface area contributed by atoms with Crippen LogP contribution < -0.4 is 14.8 Å². The molecule has 1 amide bonds. The number of hydrogen-bond donors (Lipinski definition) is 1. The van der Waals surface area contributed by atoms with Gasteiger partial charge in [-0.1, -0.05) is 12.1 Å². The third-order valence-electron chi connectivity index (χ3n) is 4.26. The topological polar surface area (TPSA) is 65.4 Å². The van der Waals surface area contributed by atoms with Crippen LogP contribution in [0.5, 0.6) is 11.5 Å². The van der Waals surface area contributed by atoms with Gasteiger partial charge in [0.25, 0.3) is 0 Å². The monoisotopic (exact) mass is 343 g/mol. The van der Waals surface area contributed by atoms with Crippen LogP contribution in [0, 0.1) is 0 Å². The van der Waals surface area contributed by atoms with Gasteiger partial charge in [0.05, 0.1) is 13.2 Å². The van der Waals surface area contributed by atoms with Crippen molar-refractivity contribution in [2.45, 2.75) is 45.2 Å². The number of rotatable bonds is 8. The zero-order valence-corrected chi connectivity index (χ0v) is 14.6. The summed E-state index contributed by atoms with van der Waals surface area (Å²) in [4.78, 5) is 16.4. The third-order valence-corrected chi connectivity index (χ3v) is 4.26. The van der Waals surface area contributed by atoms with Crippen molar-refractivity contribution in [2.75, 3.05) is 13.2 Å². The number of aryl methyl sites for hydroxylation is 1. The number of hydrogen-bond acceptors (Lipinski definition) is 4. The van der Waals surface area contributed by atoms with Crippen molar-refractivity contribution in [1.82, 2.24) is 14.9 Å². The van der Waals surface area contributed by atoms with E-state index in [1.807, 2.05) is 43.6 Å². The van der Waals surface area contributed by atoms with E-state index in [1.54, 1.807) is 0 Å². The van der Waals surface area contributed by atoms with E-state index in [2.05, 4.69) is 14.9 Å². The Morgan fingerprint density at radius 1 is 1.32 bits per heavy atom. The first-order chi connectivity index (χ1) is 12.3. The number of nitrogens with zero attached hydrogens (tertiary/aromatic N) is 2. The Balaban J connectivity index is 1.37. The van der Waals surface area contributed by atoms with E-state index in [1.165, 1.54) is 0 Å². The highest BCUT2D eigenvalue weighted by Crippen LogP contribution is 2.26. The Morgan fingerprint density at radius 3 is 2.92 bits per heavy atom. The fraction of sp³-hybridized carbons (Fsp3) is 0.474. The highest BCUT2D eigenvalue weighted by molar-refractivity contribution is 5.76. The summed E-state index contributed by atoms with van der Waals surface area (Å²) < 4.78 is 13.4. The van der Waals surface area contributed by atoms with Crippen LogP contribution in [0.2, 0.25) is 0 Å². The zero-order valence-electron chi connectivity index (χ0n) is 14.6. The molecule has 0 bridgehead atoms. The molecular weight excluding hydrogens is 318 g/mol. The molecule has 0 radical (unpaired) electrons. The molecule has 6 heteroatoms. The van der Waals surface area contributed by atoms with E-state index in [0.29, 0.717) is 26.1 Å². The lowest BCUT2D eigenvalue weighted by molar-refractivity contribution is -0.122. The number of carbonyl (C=O) groups excluding carboxylic acids is 1. The average Bonchev–Trinajstić information content (AvgIpc) is 3.08. The number of aromatic nitrogens is 2. The van der Waals surface area contributed by atoms with Gasteiger partial charge in [0, 0.05) is 37.8 Å². The molecule has 1 N–H and O–H groups in total. The molecule has 0 aliphatic carbocycles. The summed E-state index contributed by atoms with van der Waals surface area (Å²) in [6.45, 7) is 3.84. The SMILES string of the molecule is CCOc1ccccc1OCCCC(=O)N[C@H]1CCc2nccn2C1. The smallest absolute Gasteiger partial charge is 0.220 e. The van der Waals surface area contributed by atoms with E-state index in [9.17, 15) is 4.79 Å². The predicted molar refractivity (Wildman–Crippen MR) is 94.8 cm³/mol. The first-order valence-corrected chi connectivity index (χ1v) is 8.90. The molecule has 0 fully saturated rings. The van der Waals surface area contributed by atoms with Crippen molar-refractivity contribution in [3.8, 4) is 11.5 Å². The molecule has 2 heterocycles. The van der Waals surface area contributed by atoms with Crippen molar-refractivity contribution in [3.63, 3.8) is 0 Å². The fourth-order valence-electron chi connectivity index (χ4n) is 3.04. The maximum Gasteiger partial charge on any atom is 0.220 e. The molecule has 1 aromatic carbocycles. The quantitative estimate of drug-likeness (QED) is 0.748. The van der Waals surface area contributed by atoms with Crippen LogP contribution in [0.15, 0.2) is 36.7 Å². The second kappa shape index (κ2) is 8.55. The van der Waals surface area contributed by atoms with Gasteiger partial charge in [0.2, 0.25) is 5.91 Å². The summed E-state index contributed by atoms with van der Waals surface area (Å²) in [6, 6.07) is 7.79. The van der Waals surface area contributed by atoms with E-state index >= 15 is 0 Å². The fourth-order valence-corrected chi connectivity index (χ4v) is 3.04. The molecule has 1 aliphatic heterocycles. The lowest BCUT2D eigenvalue weighted by Crippen LogP contribution is -2.40. The first-order valence-electron chi connectivity index (χ1n) is 8.90. The summed E-state index contributed by atoms with van der Waals surface area (Å²) in [5, 5.41) is 3.11. The minimum absolute atomic E-state index is 0.0789. The lowest BCUT2D eigenvalue weighted by atomic mass is 10.1. The number of amides is 1. The summed E-state index contributed by atoms with van der Waals surface area (Å²) in [6.07, 6.45) is 6.78. The summed E-state index contributed by atoms with van der Waals surface area (Å²) >= 11 is 0. The normalized spacial score (nSPS) is 16.1. The summed E-state index contributed by atoms with van der Waals surface area (Å²) in [5.41, 5.74) is 0. The molecule has 0 spiro atoms. The average molecular weight is 343 g/mol. The van der Waals surface area contributed by atoms with Crippen molar-refractivity contribution >= 4 is 5.91 Å². The lowest BCUT2D eigenvalue weighted by Gasteiger charge is -2.24. The van der Waals surface area contributed by atoms with Crippen molar-refractivity contribution < 1.29 is 14.3 Å². The number of imidazole rings is 1. The van der Waals surface area contributed by atoms with Crippen molar-refractivity contribution in [1.29, 1.82) is 0 Å². The Bertz CT molecular complexity index is 699. The zero-order chi connectivity index (χ0) is 17.5. The maximum atomic E-state index is 12.1. The van der Waals surface area contributed by atoms with E-state index in [4.69, 9.17) is 9.47 Å². The largest absolute Gasteiger partial charge is 0.490 e. The van der Waals surface area contributed by atoms with Crippen LogP contribution in [0.4, 0.5) is 0 Å². The molecule has 0 saturated carbocycles. The maximum absolute atomic E-state index is 12.1. The molecule has 2 aromatic rings. The second-order valence-corrected chi connectivity index (χ2v) is 6.13. The van der Waals surface area contributed by atoms with Gasteiger partial charge < -0.3 is 19.4 Å². The summed E-state index contributed by atoms with van der Waals surface area (Å²) in [5.74, 6) is 2.65. The van der Waals surface area contributed by atoms with Gasteiger partial charge in [-0.3, -0.25) is 4.79 Å². The van der Waals surface area contributed by atoms with Gasteiger partial charge in [-0.25, -0.2) is 4.98 Å². The molecule has 1 atom stereocenters. The molecule has 1 aliphatic rings. The number of para-hydroxylation sites is 2. The molecule has 0 saturated heterocycles. The molecule has 134 valence electrons. The van der Waals surface area contributed by atoms with Gasteiger partial charge in [-0.05, 0) is 31.9 Å². The van der Waals surface area contributed by atoms with Gasteiger partial charge in [0.1, 0.15) is 5.82 Å². The Hall–Kier alpha value is -2.50. The van der Waals surface area contributed by atoms with Gasteiger partial charge >= 0.3 is 0 Å². The molecule has 1 aromatic heterocycles. The minimum Gasteiger partial charge on any atom is -0.490 e. The highest BCUT2D eigenvalue weighted by atomic mass is 16.5. The Morgan fingerprint density at radius 2 is 2.12 bits per heavy atom. The van der Waals surface area contributed by atoms with Crippen LogP contribution in [-0.4, -0.2) is 34.7 Å². The molecule has 0 unspecified atom stereocenters. The van der Waals surface area contributed by atoms with Crippen molar-refractivity contribution in [3.05, 3.63) is 42.5 Å². The van der Waals surface area contributed by atoms with E-state index in [-0.39, 0.29) is 11.9 Å². The summed E-state index contributed by atoms with van der Waals surface area (Å²) in [7, 11) is 0. The second-order valence-electron chi connectivity index (χ2n) is 6.13. The van der Waals surface area contributed by atoms with E-state index in [0.717, 1.165) is 36.7 Å². The number of nitrogens with one attached hydrogen (secondary N) is 1. The number of ether oxygens (including phenoxy) is 2. The van der Waals surface area contributed by atoms with Crippen LogP contribution in [-0.2, 0) is 17.8 Å². The van der Waals surface area contributed by atoms with Gasteiger partial charge in [-0.2, -0.15) is 0 Å². The molecule has 25 heavy (non-hydrogen) atoms. The number of carbonyl (C=O) groups is 1. The minimum atomic E-state index is 0.0789. The number of benzene rings is 1. The standard InChI is InChI=1S/C19H25N3O3/c1-2-24-16-6-3-4-7-17(16)25-13-5-8-19(23)21-15-9-10-18-20-11-12-22(18)14-15/h3-4,6-7,11-12,15H,2,5,8-10,13-14H2,1H3,(H,21,23)/t15-/m0/s1. The molecule has 6 nitrogen and oxygen atoms in total. The van der Waals surface area contributed by atoms with Crippen LogP contribution >= 0.6 is 0 Å². The van der Waals surface area contributed by atoms with Crippen LogP contribution in [0.3, 0.4) is 0 Å².